The second-order valence-electron chi connectivity index (χ2n) is 6.26. The highest BCUT2D eigenvalue weighted by atomic mass is 32.2. The fourth-order valence-electron chi connectivity index (χ4n) is 2.21. The monoisotopic (exact) mass is 503 g/mol. The van der Waals surface area contributed by atoms with E-state index in [0.717, 1.165) is 17.6 Å². The van der Waals surface area contributed by atoms with Crippen LogP contribution < -0.4 is 15.6 Å². The summed E-state index contributed by atoms with van der Waals surface area (Å²) in [5.74, 6) is -30.0. The van der Waals surface area contributed by atoms with E-state index in [-0.39, 0.29) is 0 Å². The van der Waals surface area contributed by atoms with Crippen LogP contribution in [-0.4, -0.2) is 50.1 Å². The molecule has 0 bridgehead atoms. The molecule has 3 amide bonds. The first-order valence-electron chi connectivity index (χ1n) is 7.83. The van der Waals surface area contributed by atoms with Crippen LogP contribution >= 0.6 is 0 Å². The summed E-state index contributed by atoms with van der Waals surface area (Å²) in [6.45, 7) is 1.58. The number of urea groups is 1. The molecule has 2 rings (SSSR count). The number of aryl methyl sites for hydroxylation is 1. The number of carbonyl (C=O) groups is 2. The second-order valence-corrected chi connectivity index (χ2v) is 7.95. The second kappa shape index (κ2) is 7.39. The summed E-state index contributed by atoms with van der Waals surface area (Å²) >= 11 is 0. The van der Waals surface area contributed by atoms with Crippen LogP contribution in [-0.2, 0) is 19.6 Å². The predicted octanol–water partition coefficient (Wildman–Crippen LogP) is 2.21. The molecule has 1 heterocycles. The molecule has 1 aromatic carbocycles. The molecule has 1 saturated heterocycles. The van der Waals surface area contributed by atoms with Crippen molar-refractivity contribution < 1.29 is 62.3 Å². The number of ether oxygens (including phenoxy) is 1. The van der Waals surface area contributed by atoms with E-state index in [2.05, 4.69) is 4.74 Å². The Morgan fingerprint density at radius 3 is 1.84 bits per heavy atom. The van der Waals surface area contributed by atoms with Crippen molar-refractivity contribution >= 4 is 22.0 Å². The minimum atomic E-state index is -6.92. The number of hydrazine groups is 1. The van der Waals surface area contributed by atoms with Gasteiger partial charge in [-0.2, -0.15) is 39.5 Å². The Morgan fingerprint density at radius 2 is 1.41 bits per heavy atom. The van der Waals surface area contributed by atoms with Gasteiger partial charge in [0.1, 0.15) is 0 Å². The molecule has 0 saturated carbocycles. The van der Waals surface area contributed by atoms with Crippen molar-refractivity contribution in [3.05, 3.63) is 29.8 Å². The van der Waals surface area contributed by atoms with Crippen molar-refractivity contribution in [1.29, 1.82) is 0 Å². The number of hydrogen-bond donors (Lipinski definition) is 3. The molecule has 0 spiro atoms. The summed E-state index contributed by atoms with van der Waals surface area (Å²) in [4.78, 5) is 22.3. The van der Waals surface area contributed by atoms with Gasteiger partial charge in [-0.1, -0.05) is 17.7 Å². The Morgan fingerprint density at radius 1 is 0.906 bits per heavy atom. The standard InChI is InChI=1S/C14H10F9N3O5S/c1-6-2-4-7(5-3-6)32(29,30)26-9(28)25-24-8(27)10(15,16)13(21)11(17,18)12(19,20)14(22,23)31-13/h2-5H,1H3,(H,24,27)(H2,25,26,28)/t13-/m1/s1. The predicted molar refractivity (Wildman–Crippen MR) is 82.9 cm³/mol. The summed E-state index contributed by atoms with van der Waals surface area (Å²) in [7, 11) is -4.65. The quantitative estimate of drug-likeness (QED) is 0.431. The highest BCUT2D eigenvalue weighted by Crippen LogP contribution is 2.64. The van der Waals surface area contributed by atoms with Gasteiger partial charge >= 0.3 is 41.7 Å². The average molecular weight is 503 g/mol. The number of alkyl halides is 9. The van der Waals surface area contributed by atoms with Gasteiger partial charge in [-0.05, 0) is 19.1 Å². The highest BCUT2D eigenvalue weighted by Gasteiger charge is 2.96. The van der Waals surface area contributed by atoms with Crippen LogP contribution in [0.1, 0.15) is 5.56 Å². The molecule has 0 aliphatic carbocycles. The molecule has 1 aromatic rings. The molecule has 1 atom stereocenters. The largest absolute Gasteiger partial charge is 0.428 e. The van der Waals surface area contributed by atoms with Crippen molar-refractivity contribution in [1.82, 2.24) is 15.6 Å². The number of benzene rings is 1. The summed E-state index contributed by atoms with van der Waals surface area (Å²) in [6, 6.07) is 2.60. The number of nitrogens with one attached hydrogen (secondary N) is 3. The van der Waals surface area contributed by atoms with Crippen molar-refractivity contribution in [3.63, 3.8) is 0 Å². The van der Waals surface area contributed by atoms with Gasteiger partial charge in [0.05, 0.1) is 4.90 Å². The summed E-state index contributed by atoms with van der Waals surface area (Å²) in [5, 5.41) is 0. The molecule has 18 heteroatoms. The van der Waals surface area contributed by atoms with E-state index in [1.54, 1.807) is 6.92 Å². The molecule has 3 N–H and O–H groups in total. The number of rotatable bonds is 4. The zero-order chi connectivity index (χ0) is 25.0. The Hall–Kier alpha value is -2.76. The number of carbonyl (C=O) groups excluding carboxylic acids is 2. The third-order valence-electron chi connectivity index (χ3n) is 3.97. The van der Waals surface area contributed by atoms with Gasteiger partial charge in [-0.15, -0.1) is 0 Å². The molecule has 1 fully saturated rings. The fourth-order valence-corrected chi connectivity index (χ4v) is 3.12. The summed E-state index contributed by atoms with van der Waals surface area (Å²) in [5.41, 5.74) is 2.03. The van der Waals surface area contributed by atoms with E-state index in [1.165, 1.54) is 16.9 Å². The molecule has 32 heavy (non-hydrogen) atoms. The van der Waals surface area contributed by atoms with E-state index in [0.29, 0.717) is 11.0 Å². The lowest BCUT2D eigenvalue weighted by Gasteiger charge is -2.31. The van der Waals surface area contributed by atoms with Crippen LogP contribution in [0.3, 0.4) is 0 Å². The smallest absolute Gasteiger partial charge is 0.266 e. The maximum Gasteiger partial charge on any atom is 0.428 e. The minimum Gasteiger partial charge on any atom is -0.266 e. The maximum absolute atomic E-state index is 14.0. The van der Waals surface area contributed by atoms with Gasteiger partial charge in [-0.3, -0.25) is 15.0 Å². The SMILES string of the molecule is Cc1ccc(S(=O)(=O)NC(=O)NNC(=O)C(F)(F)[C@@]2(F)OC(F)(F)C(F)(F)C2(F)F)cc1. The molecule has 8 nitrogen and oxygen atoms in total. The molecule has 0 aromatic heterocycles. The Kier molecular flexibility index (Phi) is 5.89. The Balaban J connectivity index is 2.15. The van der Waals surface area contributed by atoms with Gasteiger partial charge < -0.3 is 0 Å². The molecular weight excluding hydrogens is 493 g/mol. The number of halogens is 9. The van der Waals surface area contributed by atoms with Crippen molar-refractivity contribution in [2.45, 2.75) is 41.6 Å². The highest BCUT2D eigenvalue weighted by molar-refractivity contribution is 7.90. The minimum absolute atomic E-state index is 0.527. The van der Waals surface area contributed by atoms with Crippen LogP contribution in [0.2, 0.25) is 0 Å². The van der Waals surface area contributed by atoms with Crippen LogP contribution in [0.4, 0.5) is 44.3 Å². The third-order valence-corrected chi connectivity index (χ3v) is 5.32. The number of amides is 3. The Labute approximate surface area is 172 Å². The number of hydrogen-bond acceptors (Lipinski definition) is 5. The lowest BCUT2D eigenvalue weighted by molar-refractivity contribution is -0.367. The van der Waals surface area contributed by atoms with E-state index in [9.17, 15) is 57.5 Å². The van der Waals surface area contributed by atoms with E-state index < -0.39 is 56.6 Å². The lowest BCUT2D eigenvalue weighted by atomic mass is 9.99. The molecule has 1 aliphatic heterocycles. The summed E-state index contributed by atoms with van der Waals surface area (Å²) < 4.78 is 147. The fraction of sp³-hybridized carbons (Fsp3) is 0.429. The molecule has 180 valence electrons. The first-order chi connectivity index (χ1) is 14.2. The van der Waals surface area contributed by atoms with Crippen molar-refractivity contribution in [2.75, 3.05) is 0 Å². The van der Waals surface area contributed by atoms with Gasteiger partial charge in [0.25, 0.3) is 10.0 Å². The normalized spacial score (nSPS) is 23.9. The van der Waals surface area contributed by atoms with E-state index >= 15 is 0 Å². The summed E-state index contributed by atoms with van der Waals surface area (Å²) in [6.07, 6.45) is -6.44. The van der Waals surface area contributed by atoms with Gasteiger partial charge in [-0.25, -0.2) is 23.4 Å². The van der Waals surface area contributed by atoms with Crippen molar-refractivity contribution in [3.8, 4) is 0 Å². The molecule has 0 unspecified atom stereocenters. The van der Waals surface area contributed by atoms with Gasteiger partial charge in [0.15, 0.2) is 0 Å². The topological polar surface area (TPSA) is 114 Å². The Bertz CT molecular complexity index is 1030. The maximum atomic E-state index is 14.0. The van der Waals surface area contributed by atoms with E-state index in [1.807, 2.05) is 0 Å². The first-order valence-corrected chi connectivity index (χ1v) is 9.31. The van der Waals surface area contributed by atoms with Crippen LogP contribution in [0.15, 0.2) is 29.2 Å². The van der Waals surface area contributed by atoms with Gasteiger partial charge in [0.2, 0.25) is 0 Å². The van der Waals surface area contributed by atoms with E-state index in [4.69, 9.17) is 0 Å². The van der Waals surface area contributed by atoms with Crippen molar-refractivity contribution in [2.24, 2.45) is 0 Å². The molecule has 1 aliphatic rings. The van der Waals surface area contributed by atoms with Crippen LogP contribution in [0.5, 0.6) is 0 Å². The van der Waals surface area contributed by atoms with Crippen LogP contribution in [0.25, 0.3) is 0 Å². The van der Waals surface area contributed by atoms with Gasteiger partial charge in [0, 0.05) is 0 Å². The average Bonchev–Trinajstić information content (AvgIpc) is 2.74. The molecular formula is C14H10F9N3O5S. The lowest BCUT2D eigenvalue weighted by Crippen LogP contribution is -2.66. The molecule has 0 radical (unpaired) electrons. The number of sulfonamides is 1. The zero-order valence-corrected chi connectivity index (χ0v) is 16.0. The van der Waals surface area contributed by atoms with Crippen LogP contribution in [0, 0.1) is 6.92 Å². The zero-order valence-electron chi connectivity index (χ0n) is 15.2. The first kappa shape index (κ1) is 25.5. The third kappa shape index (κ3) is 3.70.